The number of benzene rings is 2. The molecule has 0 radical (unpaired) electrons. The molecule has 0 aliphatic carbocycles. The molecule has 1 aromatic heterocycles. The monoisotopic (exact) mass is 496 g/mol. The Kier molecular flexibility index (Phi) is 6.22. The van der Waals surface area contributed by atoms with E-state index in [1.54, 1.807) is 18.3 Å². The second-order valence-corrected chi connectivity index (χ2v) is 9.02. The maximum atomic E-state index is 13.2. The minimum atomic E-state index is -0.717. The van der Waals surface area contributed by atoms with E-state index in [1.165, 1.54) is 4.90 Å². The number of nitrogens with zero attached hydrogens (tertiary/aromatic N) is 1. The number of H-pyrrole nitrogens is 1. The summed E-state index contributed by atoms with van der Waals surface area (Å²) in [6, 6.07) is 12.3. The summed E-state index contributed by atoms with van der Waals surface area (Å²) in [6.07, 6.45) is 1.81. The number of fused-ring (bicyclic) bond motifs is 1. The summed E-state index contributed by atoms with van der Waals surface area (Å²) >= 11 is 3.46. The third kappa shape index (κ3) is 3.98. The van der Waals surface area contributed by atoms with Crippen molar-refractivity contribution in [1.82, 2.24) is 9.88 Å². The average Bonchev–Trinajstić information content (AvgIpc) is 3.29. The zero-order chi connectivity index (χ0) is 23.0. The molecule has 2 aromatic carbocycles. The number of amides is 1. The summed E-state index contributed by atoms with van der Waals surface area (Å²) in [4.78, 5) is 30.9. The Labute approximate surface area is 195 Å². The van der Waals surface area contributed by atoms with Crippen LogP contribution in [0, 0.1) is 6.92 Å². The Bertz CT molecular complexity index is 1230. The second-order valence-electron chi connectivity index (χ2n) is 8.17. The van der Waals surface area contributed by atoms with Crippen LogP contribution < -0.4 is 0 Å². The van der Waals surface area contributed by atoms with Crippen LogP contribution in [0.15, 0.2) is 58.7 Å². The van der Waals surface area contributed by atoms with E-state index in [9.17, 15) is 14.7 Å². The largest absolute Gasteiger partial charge is 0.507 e. The molecule has 1 atom stereocenters. The molecule has 4 rings (SSSR count). The van der Waals surface area contributed by atoms with Crippen molar-refractivity contribution in [2.45, 2.75) is 32.9 Å². The predicted octanol–water partition coefficient (Wildman–Crippen LogP) is 5.09. The van der Waals surface area contributed by atoms with Gasteiger partial charge in [0.05, 0.1) is 24.3 Å². The molecule has 1 saturated heterocycles. The molecule has 1 amide bonds. The fourth-order valence-corrected chi connectivity index (χ4v) is 4.34. The average molecular weight is 497 g/mol. The van der Waals surface area contributed by atoms with Crippen LogP contribution in [-0.4, -0.2) is 45.9 Å². The number of aliphatic hydroxyl groups excluding tert-OH is 1. The minimum Gasteiger partial charge on any atom is -0.507 e. The molecule has 0 bridgehead atoms. The quantitative estimate of drug-likeness (QED) is 0.283. The zero-order valence-electron chi connectivity index (χ0n) is 18.2. The Morgan fingerprint density at radius 3 is 2.69 bits per heavy atom. The van der Waals surface area contributed by atoms with E-state index >= 15 is 0 Å². The van der Waals surface area contributed by atoms with Crippen LogP contribution in [0.5, 0.6) is 0 Å². The molecule has 1 unspecified atom stereocenters. The van der Waals surface area contributed by atoms with Gasteiger partial charge in [-0.25, -0.2) is 0 Å². The van der Waals surface area contributed by atoms with E-state index in [0.717, 1.165) is 26.5 Å². The number of aliphatic hydroxyl groups is 1. The molecule has 7 heteroatoms. The van der Waals surface area contributed by atoms with Gasteiger partial charge in [-0.05, 0) is 44.5 Å². The Morgan fingerprint density at radius 1 is 1.22 bits per heavy atom. The molecule has 3 aromatic rings. The van der Waals surface area contributed by atoms with Crippen molar-refractivity contribution < 1.29 is 19.4 Å². The molecule has 2 N–H and O–H groups in total. The number of para-hydroxylation sites is 1. The van der Waals surface area contributed by atoms with Crippen molar-refractivity contribution in [3.63, 3.8) is 0 Å². The molecule has 166 valence electrons. The van der Waals surface area contributed by atoms with Gasteiger partial charge < -0.3 is 19.7 Å². The van der Waals surface area contributed by atoms with E-state index in [2.05, 4.69) is 20.9 Å². The van der Waals surface area contributed by atoms with Gasteiger partial charge in [-0.3, -0.25) is 9.59 Å². The lowest BCUT2D eigenvalue weighted by Gasteiger charge is -2.25. The van der Waals surface area contributed by atoms with Gasteiger partial charge in [0.2, 0.25) is 0 Å². The highest BCUT2D eigenvalue weighted by molar-refractivity contribution is 9.10. The molecule has 1 fully saturated rings. The number of aromatic nitrogens is 1. The van der Waals surface area contributed by atoms with E-state index in [1.807, 2.05) is 51.1 Å². The lowest BCUT2D eigenvalue weighted by Crippen LogP contribution is -2.33. The number of aryl methyl sites for hydroxylation is 1. The number of nitrogens with one attached hydrogen (secondary N) is 1. The molecule has 6 nitrogen and oxygen atoms in total. The molecular weight excluding hydrogens is 472 g/mol. The zero-order valence-corrected chi connectivity index (χ0v) is 19.8. The van der Waals surface area contributed by atoms with Crippen LogP contribution in [0.1, 0.15) is 36.6 Å². The summed E-state index contributed by atoms with van der Waals surface area (Å²) in [7, 11) is 0. The molecular formula is C25H25BrN2O4. The first-order chi connectivity index (χ1) is 15.3. The van der Waals surface area contributed by atoms with E-state index < -0.39 is 17.7 Å². The van der Waals surface area contributed by atoms with Crippen molar-refractivity contribution in [3.8, 4) is 0 Å². The van der Waals surface area contributed by atoms with Gasteiger partial charge in [-0.15, -0.1) is 0 Å². The van der Waals surface area contributed by atoms with Crippen molar-refractivity contribution in [3.05, 3.63) is 75.4 Å². The van der Waals surface area contributed by atoms with Crippen molar-refractivity contribution in [2.24, 2.45) is 0 Å². The molecule has 0 spiro atoms. The van der Waals surface area contributed by atoms with Gasteiger partial charge >= 0.3 is 0 Å². The number of ether oxygens (including phenoxy) is 1. The normalized spacial score (nSPS) is 18.3. The summed E-state index contributed by atoms with van der Waals surface area (Å²) in [5.41, 5.74) is 3.15. The summed E-state index contributed by atoms with van der Waals surface area (Å²) in [5, 5.41) is 12.1. The first-order valence-electron chi connectivity index (χ1n) is 10.5. The van der Waals surface area contributed by atoms with Gasteiger partial charge in [-0.1, -0.05) is 40.2 Å². The minimum absolute atomic E-state index is 0.00380. The standard InChI is InChI=1S/C25H25BrN2O4/c1-14(2)32-11-10-28-22(18-13-27-20-7-5-4-6-17(18)20)21(24(30)25(28)31)23(29)16-8-9-19(26)15(3)12-16/h4-9,12-14,22,27,29H,10-11H2,1-3H3/b23-21+. The number of aromatic amines is 1. The lowest BCUT2D eigenvalue weighted by molar-refractivity contribution is -0.140. The molecule has 2 heterocycles. The number of likely N-dealkylation sites (tertiary alicyclic amines) is 1. The summed E-state index contributed by atoms with van der Waals surface area (Å²) in [6.45, 7) is 6.27. The second kappa shape index (κ2) is 8.92. The maximum absolute atomic E-state index is 13.2. The number of hydrogen-bond acceptors (Lipinski definition) is 4. The third-order valence-corrected chi connectivity index (χ3v) is 6.56. The number of carbonyl (C=O) groups excluding carboxylic acids is 2. The maximum Gasteiger partial charge on any atom is 0.295 e. The SMILES string of the molecule is Cc1cc(/C(O)=C2\C(=O)C(=O)N(CCOC(C)C)C2c2c[nH]c3ccccc23)ccc1Br. The van der Waals surface area contributed by atoms with Gasteiger partial charge in [0, 0.05) is 39.2 Å². The number of ketones is 1. The van der Waals surface area contributed by atoms with Crippen LogP contribution in [0.4, 0.5) is 0 Å². The highest BCUT2D eigenvalue weighted by Crippen LogP contribution is 2.42. The number of halogens is 1. The molecule has 32 heavy (non-hydrogen) atoms. The van der Waals surface area contributed by atoms with Crippen LogP contribution >= 0.6 is 15.9 Å². The van der Waals surface area contributed by atoms with Crippen LogP contribution in [0.2, 0.25) is 0 Å². The number of hydrogen-bond donors (Lipinski definition) is 2. The van der Waals surface area contributed by atoms with Gasteiger partial charge in [-0.2, -0.15) is 0 Å². The van der Waals surface area contributed by atoms with Crippen molar-refractivity contribution in [1.29, 1.82) is 0 Å². The highest BCUT2D eigenvalue weighted by atomic mass is 79.9. The Hall–Kier alpha value is -2.90. The van der Waals surface area contributed by atoms with Crippen LogP contribution in [-0.2, 0) is 14.3 Å². The fourth-order valence-electron chi connectivity index (χ4n) is 4.09. The first-order valence-corrected chi connectivity index (χ1v) is 11.3. The van der Waals surface area contributed by atoms with E-state index in [0.29, 0.717) is 12.2 Å². The molecule has 1 aliphatic heterocycles. The van der Waals surface area contributed by atoms with Crippen LogP contribution in [0.25, 0.3) is 16.7 Å². The summed E-state index contributed by atoms with van der Waals surface area (Å²) < 4.78 is 6.55. The van der Waals surface area contributed by atoms with Crippen LogP contribution in [0.3, 0.4) is 0 Å². The Balaban J connectivity index is 1.87. The Morgan fingerprint density at radius 2 is 1.97 bits per heavy atom. The van der Waals surface area contributed by atoms with Gasteiger partial charge in [0.15, 0.2) is 0 Å². The molecule has 0 saturated carbocycles. The summed E-state index contributed by atoms with van der Waals surface area (Å²) in [5.74, 6) is -1.51. The van der Waals surface area contributed by atoms with Crippen molar-refractivity contribution in [2.75, 3.05) is 13.2 Å². The lowest BCUT2D eigenvalue weighted by atomic mass is 9.94. The fraction of sp³-hybridized carbons (Fsp3) is 0.280. The van der Waals surface area contributed by atoms with E-state index in [-0.39, 0.29) is 24.0 Å². The number of Topliss-reactive ketones (excluding diaryl/α,β-unsaturated/α-hetero) is 1. The predicted molar refractivity (Wildman–Crippen MR) is 127 cm³/mol. The smallest absolute Gasteiger partial charge is 0.295 e. The molecule has 1 aliphatic rings. The first kappa shape index (κ1) is 22.3. The van der Waals surface area contributed by atoms with Gasteiger partial charge in [0.25, 0.3) is 11.7 Å². The highest BCUT2D eigenvalue weighted by Gasteiger charge is 2.46. The topological polar surface area (TPSA) is 82.6 Å². The van der Waals surface area contributed by atoms with Gasteiger partial charge in [0.1, 0.15) is 5.76 Å². The van der Waals surface area contributed by atoms with Crippen molar-refractivity contribution >= 4 is 44.3 Å². The van der Waals surface area contributed by atoms with E-state index in [4.69, 9.17) is 4.74 Å². The number of rotatable bonds is 6. The third-order valence-electron chi connectivity index (χ3n) is 5.67. The number of carbonyl (C=O) groups is 2.